The van der Waals surface area contributed by atoms with Crippen molar-refractivity contribution in [3.8, 4) is 0 Å². The van der Waals surface area contributed by atoms with Gasteiger partial charge in [0.2, 0.25) is 0 Å². The maximum atomic E-state index is 11.5. The summed E-state index contributed by atoms with van der Waals surface area (Å²) in [7, 11) is 0. The van der Waals surface area contributed by atoms with Crippen molar-refractivity contribution in [1.29, 1.82) is 0 Å². The van der Waals surface area contributed by atoms with Gasteiger partial charge < -0.3 is 0 Å². The summed E-state index contributed by atoms with van der Waals surface area (Å²) >= 11 is -2.27. The van der Waals surface area contributed by atoms with E-state index in [2.05, 4.69) is 4.18 Å². The highest BCUT2D eigenvalue weighted by molar-refractivity contribution is 7.92. The van der Waals surface area contributed by atoms with Gasteiger partial charge in [-0.1, -0.05) is 0 Å². The number of hydrogen-bond acceptors (Lipinski definition) is 2. The monoisotopic (exact) mass is 175 g/mol. The molecule has 0 saturated carbocycles. The van der Waals surface area contributed by atoms with E-state index in [1.54, 1.807) is 0 Å². The van der Waals surface area contributed by atoms with E-state index >= 15 is 0 Å². The van der Waals surface area contributed by atoms with Crippen molar-refractivity contribution in [2.75, 3.05) is 6.26 Å². The second kappa shape index (κ2) is 3.14. The summed E-state index contributed by atoms with van der Waals surface area (Å²) < 4.78 is 38.5. The lowest BCUT2D eigenvalue weighted by atomic mass is 10.9. The number of carbonyl (C=O) groups excluding carboxylic acids is 1. The van der Waals surface area contributed by atoms with Crippen LogP contribution >= 0.6 is 0 Å². The minimum atomic E-state index is -4.42. The molecule has 10 heavy (non-hydrogen) atoms. The summed E-state index contributed by atoms with van der Waals surface area (Å²) in [6.07, 6.45) is 0.807. The second-order valence-electron chi connectivity index (χ2n) is 1.47. The average Bonchev–Trinajstić information content (AvgIpc) is 1.60. The van der Waals surface area contributed by atoms with E-state index in [0.717, 1.165) is 13.2 Å². The first kappa shape index (κ1) is 9.61. The molecule has 0 spiro atoms. The molecule has 6 heteroatoms. The third-order valence-corrected chi connectivity index (χ3v) is 1.70. The standard InChI is InChI=1S/C4H6F3O2S/c1-3(8)9-10(2)4(5,6)7/h1-2H3/q+1. The van der Waals surface area contributed by atoms with Crippen molar-refractivity contribution in [2.45, 2.75) is 12.4 Å². The largest absolute Gasteiger partial charge is 0.617 e. The van der Waals surface area contributed by atoms with Gasteiger partial charge in [0.15, 0.2) is 6.26 Å². The first-order chi connectivity index (χ1) is 4.34. The van der Waals surface area contributed by atoms with E-state index in [9.17, 15) is 18.0 Å². The van der Waals surface area contributed by atoms with E-state index in [1.165, 1.54) is 0 Å². The Balaban J connectivity index is 3.85. The fourth-order valence-electron chi connectivity index (χ4n) is 0.223. The highest BCUT2D eigenvalue weighted by atomic mass is 32.2. The van der Waals surface area contributed by atoms with E-state index in [4.69, 9.17) is 0 Å². The first-order valence-electron chi connectivity index (χ1n) is 2.25. The van der Waals surface area contributed by atoms with Crippen molar-refractivity contribution in [2.24, 2.45) is 0 Å². The van der Waals surface area contributed by atoms with Crippen LogP contribution < -0.4 is 0 Å². The molecule has 0 N–H and O–H groups in total. The first-order valence-corrected chi connectivity index (χ1v) is 3.81. The predicted molar refractivity (Wildman–Crippen MR) is 31.1 cm³/mol. The van der Waals surface area contributed by atoms with Crippen molar-refractivity contribution in [3.05, 3.63) is 0 Å². The van der Waals surface area contributed by atoms with Crippen LogP contribution in [0.25, 0.3) is 0 Å². The molecule has 0 saturated heterocycles. The van der Waals surface area contributed by atoms with Crippen LogP contribution in [0.15, 0.2) is 0 Å². The van der Waals surface area contributed by atoms with Crippen LogP contribution in [0.3, 0.4) is 0 Å². The molecule has 0 aromatic carbocycles. The quantitative estimate of drug-likeness (QED) is 0.560. The molecule has 0 radical (unpaired) electrons. The van der Waals surface area contributed by atoms with Gasteiger partial charge in [-0.2, -0.15) is 0 Å². The number of halogens is 3. The van der Waals surface area contributed by atoms with Crippen LogP contribution in [0.5, 0.6) is 0 Å². The van der Waals surface area contributed by atoms with Crippen LogP contribution in [-0.2, 0) is 20.2 Å². The summed E-state index contributed by atoms with van der Waals surface area (Å²) in [6.45, 7) is 0.940. The fraction of sp³-hybridized carbons (Fsp3) is 0.750. The van der Waals surface area contributed by atoms with Gasteiger partial charge in [-0.05, 0) is 0 Å². The summed E-state index contributed by atoms with van der Waals surface area (Å²) in [6, 6.07) is 0. The molecule has 0 aliphatic carbocycles. The van der Waals surface area contributed by atoms with Crippen molar-refractivity contribution in [1.82, 2.24) is 0 Å². The SMILES string of the molecule is CC(=O)O[S+](C)C(F)(F)F. The van der Waals surface area contributed by atoms with Crippen molar-refractivity contribution >= 4 is 17.1 Å². The number of hydrogen-bond donors (Lipinski definition) is 0. The molecule has 1 atom stereocenters. The molecule has 0 heterocycles. The molecule has 2 nitrogen and oxygen atoms in total. The van der Waals surface area contributed by atoms with E-state index in [0.29, 0.717) is 0 Å². The summed E-state index contributed by atoms with van der Waals surface area (Å²) in [5.74, 6) is -0.914. The third-order valence-electron chi connectivity index (χ3n) is 0.568. The maximum Gasteiger partial charge on any atom is 0.617 e. The normalized spacial score (nSPS) is 14.5. The fourth-order valence-corrected chi connectivity index (χ4v) is 0.670. The Bertz CT molecular complexity index is 133. The van der Waals surface area contributed by atoms with Crippen LogP contribution in [0.4, 0.5) is 13.2 Å². The molecule has 1 unspecified atom stereocenters. The topological polar surface area (TPSA) is 26.3 Å². The molecular formula is C4H6F3O2S+. The Labute approximate surface area is 58.9 Å². The van der Waals surface area contributed by atoms with Gasteiger partial charge in [-0.15, -0.1) is 13.2 Å². The molecule has 60 valence electrons. The minimum Gasteiger partial charge on any atom is -0.247 e. The summed E-state index contributed by atoms with van der Waals surface area (Å²) in [5.41, 5.74) is -4.42. The van der Waals surface area contributed by atoms with Crippen LogP contribution in [0, 0.1) is 0 Å². The molecule has 0 aliphatic rings. The van der Waals surface area contributed by atoms with Crippen molar-refractivity contribution < 1.29 is 22.1 Å². The maximum absolute atomic E-state index is 11.5. The smallest absolute Gasteiger partial charge is 0.247 e. The lowest BCUT2D eigenvalue weighted by Crippen LogP contribution is -2.26. The Morgan fingerprint density at radius 1 is 1.50 bits per heavy atom. The average molecular weight is 175 g/mol. The molecule has 0 fully saturated rings. The van der Waals surface area contributed by atoms with Gasteiger partial charge in [-0.25, -0.2) is 8.98 Å². The molecule has 0 aromatic rings. The zero-order chi connectivity index (χ0) is 8.36. The number of alkyl halides is 3. The summed E-state index contributed by atoms with van der Waals surface area (Å²) in [5, 5.41) is 0. The third kappa shape index (κ3) is 3.60. The van der Waals surface area contributed by atoms with E-state index in [1.807, 2.05) is 0 Å². The Morgan fingerprint density at radius 2 is 1.90 bits per heavy atom. The predicted octanol–water partition coefficient (Wildman–Crippen LogP) is 1.23. The number of rotatable bonds is 1. The second-order valence-corrected chi connectivity index (χ2v) is 3.01. The highest BCUT2D eigenvalue weighted by Crippen LogP contribution is 2.24. The lowest BCUT2D eigenvalue weighted by molar-refractivity contribution is -0.132. The molecule has 0 rings (SSSR count). The van der Waals surface area contributed by atoms with Gasteiger partial charge in [-0.3, -0.25) is 0 Å². The van der Waals surface area contributed by atoms with Crippen molar-refractivity contribution in [3.63, 3.8) is 0 Å². The minimum absolute atomic E-state index is 0.807. The highest BCUT2D eigenvalue weighted by Gasteiger charge is 2.52. The Hall–Kier alpha value is -0.390. The summed E-state index contributed by atoms with van der Waals surface area (Å²) in [4.78, 5) is 9.99. The molecule has 0 amide bonds. The molecule has 0 aliphatic heterocycles. The molecule has 0 aromatic heterocycles. The van der Waals surface area contributed by atoms with E-state index in [-0.39, 0.29) is 0 Å². The van der Waals surface area contributed by atoms with Crippen LogP contribution in [-0.4, -0.2) is 17.7 Å². The van der Waals surface area contributed by atoms with Gasteiger partial charge in [0, 0.05) is 6.92 Å². The van der Waals surface area contributed by atoms with E-state index < -0.39 is 22.7 Å². The zero-order valence-electron chi connectivity index (χ0n) is 5.36. The lowest BCUT2D eigenvalue weighted by Gasteiger charge is -2.00. The van der Waals surface area contributed by atoms with Crippen LogP contribution in [0.2, 0.25) is 0 Å². The molecular weight excluding hydrogens is 169 g/mol. The molecule has 0 bridgehead atoms. The van der Waals surface area contributed by atoms with Gasteiger partial charge in [0.1, 0.15) is 0 Å². The van der Waals surface area contributed by atoms with Gasteiger partial charge in [0.25, 0.3) is 0 Å². The Kier molecular flexibility index (Phi) is 3.01. The van der Waals surface area contributed by atoms with Gasteiger partial charge >= 0.3 is 22.7 Å². The Morgan fingerprint density at radius 3 is 2.00 bits per heavy atom. The van der Waals surface area contributed by atoms with Crippen LogP contribution in [0.1, 0.15) is 6.92 Å². The number of carbonyl (C=O) groups is 1. The van der Waals surface area contributed by atoms with Gasteiger partial charge in [0.05, 0.1) is 0 Å². The zero-order valence-corrected chi connectivity index (χ0v) is 6.18.